The van der Waals surface area contributed by atoms with Crippen LogP contribution in [0, 0.1) is 0 Å². The van der Waals surface area contributed by atoms with E-state index in [1.54, 1.807) is 18.2 Å². The maximum absolute atomic E-state index is 12.5. The molecule has 0 saturated heterocycles. The van der Waals surface area contributed by atoms with Crippen molar-refractivity contribution in [3.8, 4) is 0 Å². The largest absolute Gasteiger partial charge is 0.478 e. The average molecular weight is 384 g/mol. The maximum Gasteiger partial charge on any atom is 0.335 e. The van der Waals surface area contributed by atoms with Gasteiger partial charge in [0.2, 0.25) is 0 Å². The molecule has 0 heterocycles. The van der Waals surface area contributed by atoms with Gasteiger partial charge in [0.1, 0.15) is 0 Å². The van der Waals surface area contributed by atoms with Gasteiger partial charge in [0.05, 0.1) is 5.56 Å². The average Bonchev–Trinajstić information content (AvgIpc) is 2.60. The van der Waals surface area contributed by atoms with E-state index in [1.807, 2.05) is 30.3 Å². The molecule has 0 saturated carbocycles. The quantitative estimate of drug-likeness (QED) is 0.708. The molecule has 3 aromatic carbocycles. The summed E-state index contributed by atoms with van der Waals surface area (Å²) in [5.41, 5.74) is 1.68. The monoisotopic (exact) mass is 383 g/mol. The Labute approximate surface area is 147 Å². The summed E-state index contributed by atoms with van der Waals surface area (Å²) in [6, 6.07) is 17.8. The molecule has 5 heteroatoms. The number of aromatic carboxylic acids is 1. The molecule has 0 radical (unpaired) electrons. The lowest BCUT2D eigenvalue weighted by Gasteiger charge is -2.09. The highest BCUT2D eigenvalue weighted by molar-refractivity contribution is 9.10. The molecule has 3 aromatic rings. The molecule has 0 bridgehead atoms. The van der Waals surface area contributed by atoms with E-state index in [1.165, 1.54) is 12.1 Å². The number of carboxylic acid groups (broad SMARTS) is 1. The van der Waals surface area contributed by atoms with E-state index in [0.717, 1.165) is 20.8 Å². The molecule has 0 unspecified atom stereocenters. The summed E-state index contributed by atoms with van der Waals surface area (Å²) in [6.07, 6.45) is 0. The van der Waals surface area contributed by atoms with Crippen LogP contribution in [-0.4, -0.2) is 17.0 Å². The summed E-state index contributed by atoms with van der Waals surface area (Å²) in [6.45, 7) is 0.336. The third kappa shape index (κ3) is 3.31. The van der Waals surface area contributed by atoms with Crippen LogP contribution in [0.4, 0.5) is 0 Å². The number of fused-ring (bicyclic) bond motifs is 1. The van der Waals surface area contributed by atoms with Crippen molar-refractivity contribution in [3.63, 3.8) is 0 Å². The number of halogens is 1. The topological polar surface area (TPSA) is 66.4 Å². The number of carbonyl (C=O) groups excluding carboxylic acids is 1. The summed E-state index contributed by atoms with van der Waals surface area (Å²) < 4.78 is 0.943. The predicted molar refractivity (Wildman–Crippen MR) is 96.2 cm³/mol. The number of nitrogens with one attached hydrogen (secondary N) is 1. The van der Waals surface area contributed by atoms with Crippen molar-refractivity contribution in [2.45, 2.75) is 6.54 Å². The Hall–Kier alpha value is -2.66. The van der Waals surface area contributed by atoms with Gasteiger partial charge in [0.15, 0.2) is 0 Å². The second-order valence-electron chi connectivity index (χ2n) is 5.33. The lowest BCUT2D eigenvalue weighted by atomic mass is 10.0. The highest BCUT2D eigenvalue weighted by Gasteiger charge is 2.11. The van der Waals surface area contributed by atoms with Gasteiger partial charge in [0.25, 0.3) is 5.91 Å². The first-order valence-corrected chi connectivity index (χ1v) is 8.13. The number of amides is 1. The van der Waals surface area contributed by atoms with E-state index in [4.69, 9.17) is 5.11 Å². The molecule has 0 spiro atoms. The SMILES string of the molecule is O=C(O)c1ccc(CNC(=O)c2cccc3c(Br)cccc23)cc1. The predicted octanol–water partition coefficient (Wildman–Crippen LogP) is 4.23. The van der Waals surface area contributed by atoms with Crippen molar-refractivity contribution in [1.82, 2.24) is 5.32 Å². The summed E-state index contributed by atoms with van der Waals surface area (Å²) in [7, 11) is 0. The number of hydrogen-bond donors (Lipinski definition) is 2. The molecular formula is C19H14BrNO3. The van der Waals surface area contributed by atoms with Crippen LogP contribution in [0.25, 0.3) is 10.8 Å². The van der Waals surface area contributed by atoms with Crippen LogP contribution in [0.15, 0.2) is 65.1 Å². The molecule has 24 heavy (non-hydrogen) atoms. The smallest absolute Gasteiger partial charge is 0.335 e. The Morgan fingerprint density at radius 2 is 1.58 bits per heavy atom. The Kier molecular flexibility index (Phi) is 4.62. The van der Waals surface area contributed by atoms with E-state index in [2.05, 4.69) is 21.2 Å². The van der Waals surface area contributed by atoms with Crippen molar-refractivity contribution in [1.29, 1.82) is 0 Å². The van der Waals surface area contributed by atoms with Crippen LogP contribution in [-0.2, 0) is 6.54 Å². The van der Waals surface area contributed by atoms with Crippen LogP contribution in [0.3, 0.4) is 0 Å². The van der Waals surface area contributed by atoms with E-state index in [0.29, 0.717) is 12.1 Å². The number of carboxylic acids is 1. The molecule has 2 N–H and O–H groups in total. The number of carbonyl (C=O) groups is 2. The Morgan fingerprint density at radius 1 is 0.917 bits per heavy atom. The minimum atomic E-state index is -0.966. The molecular weight excluding hydrogens is 370 g/mol. The van der Waals surface area contributed by atoms with Crippen LogP contribution in [0.5, 0.6) is 0 Å². The summed E-state index contributed by atoms with van der Waals surface area (Å²) in [5, 5.41) is 13.6. The lowest BCUT2D eigenvalue weighted by Crippen LogP contribution is -2.23. The molecule has 0 fully saturated rings. The van der Waals surface area contributed by atoms with Crippen LogP contribution < -0.4 is 5.32 Å². The first kappa shape index (κ1) is 16.2. The second kappa shape index (κ2) is 6.84. The minimum Gasteiger partial charge on any atom is -0.478 e. The zero-order valence-electron chi connectivity index (χ0n) is 12.6. The molecule has 4 nitrogen and oxygen atoms in total. The zero-order valence-corrected chi connectivity index (χ0v) is 14.2. The van der Waals surface area contributed by atoms with Gasteiger partial charge >= 0.3 is 5.97 Å². The summed E-state index contributed by atoms with van der Waals surface area (Å²) in [5.74, 6) is -1.13. The third-order valence-electron chi connectivity index (χ3n) is 3.77. The molecule has 0 aliphatic rings. The number of hydrogen-bond acceptors (Lipinski definition) is 2. The van der Waals surface area contributed by atoms with Gasteiger partial charge in [-0.25, -0.2) is 4.79 Å². The maximum atomic E-state index is 12.5. The van der Waals surface area contributed by atoms with Gasteiger partial charge in [-0.05, 0) is 40.6 Å². The van der Waals surface area contributed by atoms with Gasteiger partial charge in [-0.2, -0.15) is 0 Å². The van der Waals surface area contributed by atoms with Gasteiger partial charge in [-0.1, -0.05) is 52.3 Å². The van der Waals surface area contributed by atoms with Crippen molar-refractivity contribution < 1.29 is 14.7 Å². The normalized spacial score (nSPS) is 10.5. The van der Waals surface area contributed by atoms with Crippen LogP contribution in [0.2, 0.25) is 0 Å². The Bertz CT molecular complexity index is 920. The molecule has 0 aromatic heterocycles. The van der Waals surface area contributed by atoms with E-state index < -0.39 is 5.97 Å². The van der Waals surface area contributed by atoms with Gasteiger partial charge < -0.3 is 10.4 Å². The first-order chi connectivity index (χ1) is 11.6. The summed E-state index contributed by atoms with van der Waals surface area (Å²) >= 11 is 3.49. The lowest BCUT2D eigenvalue weighted by molar-refractivity contribution is 0.0696. The Balaban J connectivity index is 1.78. The zero-order chi connectivity index (χ0) is 17.1. The molecule has 0 aliphatic carbocycles. The van der Waals surface area contributed by atoms with Gasteiger partial charge in [-0.15, -0.1) is 0 Å². The fourth-order valence-corrected chi connectivity index (χ4v) is 3.01. The molecule has 0 aliphatic heterocycles. The number of benzene rings is 3. The third-order valence-corrected chi connectivity index (χ3v) is 4.46. The highest BCUT2D eigenvalue weighted by Crippen LogP contribution is 2.26. The van der Waals surface area contributed by atoms with Crippen molar-refractivity contribution in [2.75, 3.05) is 0 Å². The van der Waals surface area contributed by atoms with Crippen molar-refractivity contribution in [2.24, 2.45) is 0 Å². The standard InChI is InChI=1S/C19H14BrNO3/c20-17-6-2-3-14-15(17)4-1-5-16(14)18(22)21-11-12-7-9-13(10-8-12)19(23)24/h1-10H,11H2,(H,21,22)(H,23,24). The van der Waals surface area contributed by atoms with Crippen LogP contribution >= 0.6 is 15.9 Å². The van der Waals surface area contributed by atoms with Crippen molar-refractivity contribution >= 4 is 38.6 Å². The van der Waals surface area contributed by atoms with E-state index >= 15 is 0 Å². The van der Waals surface area contributed by atoms with E-state index in [-0.39, 0.29) is 11.5 Å². The molecule has 0 atom stereocenters. The van der Waals surface area contributed by atoms with Gasteiger partial charge in [0, 0.05) is 16.6 Å². The molecule has 1 amide bonds. The van der Waals surface area contributed by atoms with Crippen molar-refractivity contribution in [3.05, 3.63) is 81.8 Å². The highest BCUT2D eigenvalue weighted by atomic mass is 79.9. The van der Waals surface area contributed by atoms with Gasteiger partial charge in [-0.3, -0.25) is 4.79 Å². The molecule has 3 rings (SSSR count). The minimum absolute atomic E-state index is 0.166. The fourth-order valence-electron chi connectivity index (χ4n) is 2.51. The van der Waals surface area contributed by atoms with Crippen LogP contribution in [0.1, 0.15) is 26.3 Å². The second-order valence-corrected chi connectivity index (χ2v) is 6.18. The van der Waals surface area contributed by atoms with E-state index in [9.17, 15) is 9.59 Å². The summed E-state index contributed by atoms with van der Waals surface area (Å²) in [4.78, 5) is 23.3. The number of rotatable bonds is 4. The first-order valence-electron chi connectivity index (χ1n) is 7.34. The fraction of sp³-hybridized carbons (Fsp3) is 0.0526. The Morgan fingerprint density at radius 3 is 2.29 bits per heavy atom. The molecule has 120 valence electrons.